The molecule has 0 N–H and O–H groups in total. The Hall–Kier alpha value is -3.06. The largest absolute Gasteiger partial charge is 0.469 e. The maximum atomic E-state index is 16.2. The smallest absolute Gasteiger partial charge is 0.305 e. The zero-order chi connectivity index (χ0) is 33.2. The number of methoxy groups -OCH3 is 1. The number of likely N-dealkylation sites (tertiary alicyclic amines) is 2. The van der Waals surface area contributed by atoms with Crippen LogP contribution in [0.4, 0.5) is 14.5 Å². The van der Waals surface area contributed by atoms with Gasteiger partial charge >= 0.3 is 5.97 Å². The lowest BCUT2D eigenvalue weighted by Crippen LogP contribution is -2.65. The van der Waals surface area contributed by atoms with Crippen LogP contribution in [0.2, 0.25) is 0 Å². The highest BCUT2D eigenvalue weighted by molar-refractivity contribution is 5.69. The Labute approximate surface area is 279 Å². The van der Waals surface area contributed by atoms with Gasteiger partial charge in [0.05, 0.1) is 31.8 Å². The molecule has 47 heavy (non-hydrogen) atoms. The first-order chi connectivity index (χ1) is 22.6. The van der Waals surface area contributed by atoms with Gasteiger partial charge in [0.25, 0.3) is 0 Å². The maximum absolute atomic E-state index is 16.2. The number of hydrogen-bond acceptors (Lipinski definition) is 7. The van der Waals surface area contributed by atoms with Gasteiger partial charge in [-0.15, -0.1) is 0 Å². The molecule has 4 aliphatic rings. The average molecular weight is 648 g/mol. The van der Waals surface area contributed by atoms with Crippen molar-refractivity contribution in [2.45, 2.75) is 62.6 Å². The van der Waals surface area contributed by atoms with Crippen molar-refractivity contribution in [3.8, 4) is 6.07 Å². The third-order valence-electron chi connectivity index (χ3n) is 11.6. The number of rotatable bonds is 12. The molecular weight excluding hydrogens is 596 g/mol. The van der Waals surface area contributed by atoms with E-state index in [1.54, 1.807) is 6.07 Å². The summed E-state index contributed by atoms with van der Waals surface area (Å²) in [7, 11) is 5.43. The minimum absolute atomic E-state index is 0.161. The molecule has 3 aliphatic heterocycles. The molecule has 3 heterocycles. The summed E-state index contributed by atoms with van der Waals surface area (Å²) in [6.07, 6.45) is 6.54. The van der Waals surface area contributed by atoms with Crippen LogP contribution in [0, 0.1) is 34.9 Å². The summed E-state index contributed by atoms with van der Waals surface area (Å²) >= 11 is 0. The number of piperidine rings is 1. The van der Waals surface area contributed by atoms with E-state index in [2.05, 4.69) is 26.8 Å². The minimum Gasteiger partial charge on any atom is -0.469 e. The van der Waals surface area contributed by atoms with E-state index in [9.17, 15) is 14.4 Å². The predicted molar refractivity (Wildman–Crippen MR) is 180 cm³/mol. The van der Waals surface area contributed by atoms with Gasteiger partial charge in [-0.05, 0) is 132 Å². The van der Waals surface area contributed by atoms with Crippen LogP contribution in [0.3, 0.4) is 0 Å². The predicted octanol–water partition coefficient (Wildman–Crippen LogP) is 5.62. The summed E-state index contributed by atoms with van der Waals surface area (Å²) in [4.78, 5) is 21.5. The van der Waals surface area contributed by atoms with Gasteiger partial charge in [-0.2, -0.15) is 5.26 Å². The highest BCUT2D eigenvalue weighted by atomic mass is 19.1. The Morgan fingerprint density at radius 1 is 1.04 bits per heavy atom. The van der Waals surface area contributed by atoms with E-state index < -0.39 is 5.67 Å². The van der Waals surface area contributed by atoms with E-state index >= 15 is 4.39 Å². The van der Waals surface area contributed by atoms with E-state index in [0.717, 1.165) is 81.6 Å². The molecule has 254 valence electrons. The van der Waals surface area contributed by atoms with Crippen molar-refractivity contribution in [2.24, 2.45) is 17.8 Å². The van der Waals surface area contributed by atoms with Gasteiger partial charge in [0.15, 0.2) is 5.67 Å². The fourth-order valence-corrected chi connectivity index (χ4v) is 9.32. The lowest BCUT2D eigenvalue weighted by Gasteiger charge is -2.54. The zero-order valence-corrected chi connectivity index (χ0v) is 28.4. The Morgan fingerprint density at radius 3 is 2.45 bits per heavy atom. The van der Waals surface area contributed by atoms with Gasteiger partial charge < -0.3 is 19.4 Å². The average Bonchev–Trinajstić information content (AvgIpc) is 3.48. The number of halogens is 2. The second-order valence-corrected chi connectivity index (χ2v) is 15.0. The lowest BCUT2D eigenvalue weighted by atomic mass is 9.56. The topological polar surface area (TPSA) is 63.1 Å². The molecule has 0 bridgehead atoms. The van der Waals surface area contributed by atoms with E-state index in [4.69, 9.17) is 4.74 Å². The normalized spacial score (nSPS) is 24.7. The van der Waals surface area contributed by atoms with Gasteiger partial charge in [-0.1, -0.05) is 18.6 Å². The van der Waals surface area contributed by atoms with E-state index in [1.165, 1.54) is 19.6 Å². The first-order valence-corrected chi connectivity index (χ1v) is 17.5. The Bertz CT molecular complexity index is 1440. The zero-order valence-electron chi connectivity index (χ0n) is 28.4. The van der Waals surface area contributed by atoms with Gasteiger partial charge in [0.2, 0.25) is 0 Å². The third kappa shape index (κ3) is 7.21. The number of carbonyl (C=O) groups is 1. The molecule has 2 aromatic rings. The summed E-state index contributed by atoms with van der Waals surface area (Å²) in [6, 6.07) is 15.4. The first-order valence-electron chi connectivity index (χ1n) is 17.5. The summed E-state index contributed by atoms with van der Waals surface area (Å²) in [5.74, 6) is 0.414. The number of carbonyl (C=O) groups excluding carboxylic acids is 1. The van der Waals surface area contributed by atoms with Gasteiger partial charge in [0.1, 0.15) is 5.82 Å². The number of alkyl halides is 1. The van der Waals surface area contributed by atoms with E-state index in [0.29, 0.717) is 44.1 Å². The van der Waals surface area contributed by atoms with Crippen LogP contribution in [0.25, 0.3) is 0 Å². The standard InChI is InChI=1S/C38H51F2N5O2/c1-42(2)23-30-19-34(12-11-29(30)22-41)45-25-37(40,26-45)24-44-17-13-31(14-18-44)38(27-43-15-6-16-43,32-8-5-9-33(39)21-32)35-10-4-7-28(35)20-36(46)47-3/h5,8-9,11-12,19,21,28,31,35H,4,6-7,10,13-18,20,23-27H2,1-3H3/t28-,35+,38+/m1/s1. The maximum Gasteiger partial charge on any atom is 0.305 e. The molecule has 6 rings (SSSR count). The fourth-order valence-electron chi connectivity index (χ4n) is 9.32. The number of esters is 1. The second kappa shape index (κ2) is 14.2. The van der Waals surface area contributed by atoms with Crippen LogP contribution >= 0.6 is 0 Å². The van der Waals surface area contributed by atoms with E-state index in [-0.39, 0.29) is 29.0 Å². The van der Waals surface area contributed by atoms with Crippen molar-refractivity contribution in [3.63, 3.8) is 0 Å². The summed E-state index contributed by atoms with van der Waals surface area (Å²) in [5.41, 5.74) is 2.11. The lowest BCUT2D eigenvalue weighted by molar-refractivity contribution is -0.142. The molecular formula is C38H51F2N5O2. The number of nitriles is 1. The minimum atomic E-state index is -1.28. The highest BCUT2D eigenvalue weighted by Crippen LogP contribution is 2.54. The number of anilines is 1. The van der Waals surface area contributed by atoms with Crippen molar-refractivity contribution < 1.29 is 18.3 Å². The molecule has 1 saturated carbocycles. The van der Waals surface area contributed by atoms with Crippen molar-refractivity contribution in [3.05, 3.63) is 65.0 Å². The molecule has 0 radical (unpaired) electrons. The molecule has 3 saturated heterocycles. The molecule has 2 aromatic carbocycles. The van der Waals surface area contributed by atoms with Gasteiger partial charge in [0, 0.05) is 37.2 Å². The van der Waals surface area contributed by atoms with Crippen molar-refractivity contribution in [1.29, 1.82) is 5.26 Å². The fraction of sp³-hybridized carbons (Fsp3) is 0.632. The quantitative estimate of drug-likeness (QED) is 0.277. The van der Waals surface area contributed by atoms with Gasteiger partial charge in [-0.3, -0.25) is 9.69 Å². The van der Waals surface area contributed by atoms with Crippen molar-refractivity contribution in [1.82, 2.24) is 14.7 Å². The summed E-state index contributed by atoms with van der Waals surface area (Å²) in [6.45, 7) is 6.38. The van der Waals surface area contributed by atoms with Crippen molar-refractivity contribution >= 4 is 11.7 Å². The van der Waals surface area contributed by atoms with Crippen molar-refractivity contribution in [2.75, 3.05) is 78.5 Å². The summed E-state index contributed by atoms with van der Waals surface area (Å²) in [5, 5.41) is 9.54. The van der Waals surface area contributed by atoms with E-state index in [1.807, 2.05) is 43.3 Å². The van der Waals surface area contributed by atoms with Crippen LogP contribution in [0.1, 0.15) is 61.6 Å². The highest BCUT2D eigenvalue weighted by Gasteiger charge is 2.53. The van der Waals surface area contributed by atoms with Crippen LogP contribution < -0.4 is 4.90 Å². The SMILES string of the molecule is COC(=O)C[C@H]1CCC[C@@H]1[C@](CN1CCC1)(c1cccc(F)c1)C1CCN(CC2(F)CN(c3ccc(C#N)c(CN(C)C)c3)C2)CC1. The Balaban J connectivity index is 1.17. The van der Waals surface area contributed by atoms with Gasteiger partial charge in [-0.25, -0.2) is 8.78 Å². The monoisotopic (exact) mass is 647 g/mol. The number of benzene rings is 2. The third-order valence-corrected chi connectivity index (χ3v) is 11.6. The molecule has 0 unspecified atom stereocenters. The number of hydrogen-bond donors (Lipinski definition) is 0. The second-order valence-electron chi connectivity index (χ2n) is 15.0. The summed E-state index contributed by atoms with van der Waals surface area (Å²) < 4.78 is 36.2. The van der Waals surface area contributed by atoms with Crippen LogP contribution in [0.5, 0.6) is 0 Å². The molecule has 1 aliphatic carbocycles. The van der Waals surface area contributed by atoms with Crippen LogP contribution in [-0.4, -0.2) is 99.9 Å². The van der Waals surface area contributed by atoms with Crippen LogP contribution in [-0.2, 0) is 21.5 Å². The molecule has 0 spiro atoms. The Morgan fingerprint density at radius 2 is 1.81 bits per heavy atom. The number of ether oxygens (including phenoxy) is 1. The van der Waals surface area contributed by atoms with Crippen LogP contribution in [0.15, 0.2) is 42.5 Å². The molecule has 0 aromatic heterocycles. The Kier molecular flexibility index (Phi) is 10.2. The molecule has 3 atom stereocenters. The molecule has 7 nitrogen and oxygen atoms in total. The molecule has 9 heteroatoms. The first kappa shape index (κ1) is 33.8. The number of nitrogens with zero attached hydrogens (tertiary/aromatic N) is 5. The molecule has 4 fully saturated rings. The molecule has 0 amide bonds.